The van der Waals surface area contributed by atoms with E-state index in [4.69, 9.17) is 4.74 Å². The number of ether oxygens (including phenoxy) is 1. The Labute approximate surface area is 268 Å². The normalized spacial score (nSPS) is 11.7. The minimum absolute atomic E-state index is 0.0307. The third kappa shape index (κ3) is 7.70. The zero-order valence-corrected chi connectivity index (χ0v) is 26.9. The highest BCUT2D eigenvalue weighted by molar-refractivity contribution is 7.92. The second-order valence-corrected chi connectivity index (χ2v) is 12.5. The third-order valence-corrected chi connectivity index (χ3v) is 9.49. The van der Waals surface area contributed by atoms with E-state index >= 15 is 0 Å². The summed E-state index contributed by atoms with van der Waals surface area (Å²) in [7, 11) is -1.58. The smallest absolute Gasteiger partial charge is 0.273 e. The first kappa shape index (κ1) is 33.7. The number of likely N-dealkylation sites (N-methyl/N-ethyl adjacent to an activating group) is 1. The molecule has 4 aromatic rings. The molecular formula is C34H36N4O7S. The van der Waals surface area contributed by atoms with Gasteiger partial charge in [0.05, 0.1) is 22.6 Å². The summed E-state index contributed by atoms with van der Waals surface area (Å²) >= 11 is 0. The van der Waals surface area contributed by atoms with Gasteiger partial charge in [-0.2, -0.15) is 0 Å². The van der Waals surface area contributed by atoms with Gasteiger partial charge in [-0.25, -0.2) is 8.42 Å². The fraction of sp³-hybridized carbons (Fsp3) is 0.235. The van der Waals surface area contributed by atoms with Crippen molar-refractivity contribution >= 4 is 33.2 Å². The van der Waals surface area contributed by atoms with Gasteiger partial charge < -0.3 is 15.0 Å². The van der Waals surface area contributed by atoms with Gasteiger partial charge in [0.2, 0.25) is 11.8 Å². The lowest BCUT2D eigenvalue weighted by molar-refractivity contribution is -0.385. The number of nitro benzene ring substituents is 1. The summed E-state index contributed by atoms with van der Waals surface area (Å²) in [5.41, 5.74) is 2.53. The number of sulfonamides is 1. The predicted molar refractivity (Wildman–Crippen MR) is 175 cm³/mol. The molecular weight excluding hydrogens is 608 g/mol. The van der Waals surface area contributed by atoms with Crippen molar-refractivity contribution < 1.29 is 27.7 Å². The van der Waals surface area contributed by atoms with E-state index in [-0.39, 0.29) is 34.8 Å². The molecule has 0 saturated heterocycles. The summed E-state index contributed by atoms with van der Waals surface area (Å²) in [6.45, 7) is 2.74. The SMILES string of the molecule is CNC(=O)[C@@H](Cc1ccccc1)N(Cc1ccccc1C)C(=O)CN(c1ccc(OC)cc1)S(=O)(=O)c1ccc(C)c([N+](=O)[O-])c1. The Kier molecular flexibility index (Phi) is 10.8. The highest BCUT2D eigenvalue weighted by Crippen LogP contribution is 2.30. The van der Waals surface area contributed by atoms with E-state index in [1.807, 2.05) is 61.5 Å². The molecule has 0 fully saturated rings. The maximum Gasteiger partial charge on any atom is 0.273 e. The Morgan fingerprint density at radius 2 is 1.57 bits per heavy atom. The minimum atomic E-state index is -4.53. The van der Waals surface area contributed by atoms with Gasteiger partial charge in [-0.15, -0.1) is 0 Å². The number of nitro groups is 1. The molecule has 0 spiro atoms. The summed E-state index contributed by atoms with van der Waals surface area (Å²) in [6.07, 6.45) is 0.178. The maximum atomic E-state index is 14.4. The van der Waals surface area contributed by atoms with Crippen LogP contribution in [0.2, 0.25) is 0 Å². The molecule has 4 rings (SSSR count). The van der Waals surface area contributed by atoms with Crippen LogP contribution < -0.4 is 14.4 Å². The van der Waals surface area contributed by atoms with Gasteiger partial charge in [-0.3, -0.25) is 24.0 Å². The highest BCUT2D eigenvalue weighted by Gasteiger charge is 2.35. The van der Waals surface area contributed by atoms with Crippen molar-refractivity contribution in [2.24, 2.45) is 0 Å². The van der Waals surface area contributed by atoms with Crippen molar-refractivity contribution in [1.29, 1.82) is 0 Å². The van der Waals surface area contributed by atoms with Crippen molar-refractivity contribution in [3.05, 3.63) is 129 Å². The second kappa shape index (κ2) is 14.7. The summed E-state index contributed by atoms with van der Waals surface area (Å²) in [4.78, 5) is 39.9. The average Bonchev–Trinajstić information content (AvgIpc) is 3.06. The van der Waals surface area contributed by atoms with E-state index in [9.17, 15) is 28.1 Å². The van der Waals surface area contributed by atoms with Gasteiger partial charge in [0.25, 0.3) is 15.7 Å². The fourth-order valence-electron chi connectivity index (χ4n) is 5.04. The average molecular weight is 645 g/mol. The Morgan fingerprint density at radius 1 is 0.913 bits per heavy atom. The van der Waals surface area contributed by atoms with Crippen LogP contribution in [-0.2, 0) is 32.6 Å². The van der Waals surface area contributed by atoms with Crippen LogP contribution in [0.4, 0.5) is 11.4 Å². The number of aryl methyl sites for hydroxylation is 2. The molecule has 0 aliphatic rings. The lowest BCUT2D eigenvalue weighted by atomic mass is 10.0. The molecule has 2 amide bonds. The molecule has 11 nitrogen and oxygen atoms in total. The molecule has 4 aromatic carbocycles. The molecule has 0 radical (unpaired) electrons. The molecule has 0 bridgehead atoms. The Balaban J connectivity index is 1.83. The number of amides is 2. The summed E-state index contributed by atoms with van der Waals surface area (Å²) in [5, 5.41) is 14.3. The third-order valence-electron chi connectivity index (χ3n) is 7.72. The van der Waals surface area contributed by atoms with E-state index in [2.05, 4.69) is 5.32 Å². The van der Waals surface area contributed by atoms with Gasteiger partial charge in [0.15, 0.2) is 0 Å². The van der Waals surface area contributed by atoms with Crippen LogP contribution in [0.3, 0.4) is 0 Å². The Morgan fingerprint density at radius 3 is 2.17 bits per heavy atom. The zero-order chi connectivity index (χ0) is 33.4. The van der Waals surface area contributed by atoms with Crippen molar-refractivity contribution in [3.63, 3.8) is 0 Å². The van der Waals surface area contributed by atoms with Crippen molar-refractivity contribution in [1.82, 2.24) is 10.2 Å². The van der Waals surface area contributed by atoms with Crippen molar-refractivity contribution in [2.45, 2.75) is 37.8 Å². The highest BCUT2D eigenvalue weighted by atomic mass is 32.2. The van der Waals surface area contributed by atoms with Crippen LogP contribution in [0, 0.1) is 24.0 Å². The largest absolute Gasteiger partial charge is 0.497 e. The molecule has 0 saturated carbocycles. The number of rotatable bonds is 13. The summed E-state index contributed by atoms with van der Waals surface area (Å²) in [6, 6.07) is 25.3. The van der Waals surface area contributed by atoms with Crippen LogP contribution in [0.25, 0.3) is 0 Å². The number of methoxy groups -OCH3 is 1. The number of hydrogen-bond acceptors (Lipinski definition) is 7. The topological polar surface area (TPSA) is 139 Å². The van der Waals surface area contributed by atoms with Crippen LogP contribution >= 0.6 is 0 Å². The van der Waals surface area contributed by atoms with E-state index in [1.54, 1.807) is 12.1 Å². The van der Waals surface area contributed by atoms with Gasteiger partial charge >= 0.3 is 0 Å². The van der Waals surface area contributed by atoms with Crippen molar-refractivity contribution in [2.75, 3.05) is 25.0 Å². The van der Waals surface area contributed by atoms with Gasteiger partial charge in [-0.05, 0) is 60.9 Å². The summed E-state index contributed by atoms with van der Waals surface area (Å²) < 4.78 is 34.6. The number of carbonyl (C=O) groups excluding carboxylic acids is 2. The first-order valence-electron chi connectivity index (χ1n) is 14.5. The number of benzene rings is 4. The molecule has 0 aliphatic heterocycles. The molecule has 0 aliphatic carbocycles. The number of anilines is 1. The van der Waals surface area contributed by atoms with Gasteiger partial charge in [-0.1, -0.05) is 60.7 Å². The molecule has 1 N–H and O–H groups in total. The van der Waals surface area contributed by atoms with Crippen LogP contribution in [0.15, 0.2) is 102 Å². The van der Waals surface area contributed by atoms with E-state index in [0.29, 0.717) is 5.75 Å². The standard InChI is InChI=1S/C34H36N4O7S/c1-24-10-8-9-13-27(24)22-36(32(34(40)35-3)20-26-11-6-5-7-12-26)33(39)23-37(28-15-17-29(45-4)18-16-28)46(43,44)30-19-14-25(2)31(21-30)38(41)42/h5-19,21,32H,20,22-23H2,1-4H3,(H,35,40)/t32-/m1/s1. The van der Waals surface area contributed by atoms with Gasteiger partial charge in [0.1, 0.15) is 18.3 Å². The Bertz CT molecular complexity index is 1810. The molecule has 0 unspecified atom stereocenters. The number of nitrogens with zero attached hydrogens (tertiary/aromatic N) is 3. The van der Waals surface area contributed by atoms with Crippen LogP contribution in [0.1, 0.15) is 22.3 Å². The quantitative estimate of drug-likeness (QED) is 0.163. The Hall–Kier alpha value is -5.23. The number of carbonyl (C=O) groups is 2. The number of hydrogen-bond donors (Lipinski definition) is 1. The number of nitrogens with one attached hydrogen (secondary N) is 1. The lowest BCUT2D eigenvalue weighted by Gasteiger charge is -2.34. The lowest BCUT2D eigenvalue weighted by Crippen LogP contribution is -2.53. The zero-order valence-electron chi connectivity index (χ0n) is 26.0. The summed E-state index contributed by atoms with van der Waals surface area (Å²) in [5.74, 6) is -0.602. The fourth-order valence-corrected chi connectivity index (χ4v) is 6.48. The molecule has 240 valence electrons. The monoisotopic (exact) mass is 644 g/mol. The predicted octanol–water partition coefficient (Wildman–Crippen LogP) is 4.80. The van der Waals surface area contributed by atoms with Gasteiger partial charge in [0, 0.05) is 31.6 Å². The molecule has 1 atom stereocenters. The van der Waals surface area contributed by atoms with Crippen molar-refractivity contribution in [3.8, 4) is 5.75 Å². The first-order chi connectivity index (χ1) is 22.0. The first-order valence-corrected chi connectivity index (χ1v) is 15.9. The molecule has 12 heteroatoms. The molecule has 0 heterocycles. The maximum absolute atomic E-state index is 14.4. The second-order valence-electron chi connectivity index (χ2n) is 10.7. The van der Waals surface area contributed by atoms with Crippen LogP contribution in [0.5, 0.6) is 5.75 Å². The van der Waals surface area contributed by atoms with E-state index in [1.165, 1.54) is 50.2 Å². The van der Waals surface area contributed by atoms with Crippen LogP contribution in [-0.4, -0.2) is 56.8 Å². The van der Waals surface area contributed by atoms with E-state index in [0.717, 1.165) is 27.1 Å². The molecule has 0 aromatic heterocycles. The molecule has 46 heavy (non-hydrogen) atoms. The van der Waals surface area contributed by atoms with E-state index < -0.39 is 39.3 Å². The minimum Gasteiger partial charge on any atom is -0.497 e.